The topological polar surface area (TPSA) is 78.4 Å². The van der Waals surface area contributed by atoms with Gasteiger partial charge in [-0.1, -0.05) is 40.5 Å². The van der Waals surface area contributed by atoms with Crippen molar-refractivity contribution in [1.29, 1.82) is 0 Å². The summed E-state index contributed by atoms with van der Waals surface area (Å²) in [6.07, 6.45) is 2.75. The molecule has 5 nitrogen and oxygen atoms in total. The normalized spacial score (nSPS) is 11.4. The van der Waals surface area contributed by atoms with Crippen molar-refractivity contribution in [3.63, 3.8) is 0 Å². The highest BCUT2D eigenvalue weighted by Crippen LogP contribution is 2.15. The van der Waals surface area contributed by atoms with Crippen molar-refractivity contribution >= 4 is 12.0 Å². The van der Waals surface area contributed by atoms with Crippen molar-refractivity contribution in [2.24, 2.45) is 5.92 Å². The maximum Gasteiger partial charge on any atom is 0.329 e. The third-order valence-corrected chi connectivity index (χ3v) is 3.68. The molecule has 0 heterocycles. The summed E-state index contributed by atoms with van der Waals surface area (Å²) in [7, 11) is 0. The first kappa shape index (κ1) is 16.7. The van der Waals surface area contributed by atoms with Crippen molar-refractivity contribution in [2.75, 3.05) is 6.54 Å². The van der Waals surface area contributed by atoms with Crippen LogP contribution in [-0.4, -0.2) is 29.2 Å². The van der Waals surface area contributed by atoms with Gasteiger partial charge in [-0.25, -0.2) is 9.59 Å². The van der Waals surface area contributed by atoms with Crippen LogP contribution in [-0.2, 0) is 4.79 Å². The Labute approximate surface area is 109 Å². The molecule has 5 heteroatoms. The molecule has 0 aliphatic rings. The number of carbonyl (C=O) groups excluding carboxylic acids is 1. The Morgan fingerprint density at radius 3 is 1.94 bits per heavy atom. The standard InChI is InChI=1S/C13H26N2O3/c1-5-10(6-2)9-14-12(18)15-13(7-3,8-4)11(16)17/h10H,5-9H2,1-4H3,(H,16,17)(H2,14,15,18). The lowest BCUT2D eigenvalue weighted by Gasteiger charge is -2.28. The third kappa shape index (κ3) is 4.55. The highest BCUT2D eigenvalue weighted by atomic mass is 16.4. The predicted octanol–water partition coefficient (Wildman–Crippen LogP) is 2.37. The van der Waals surface area contributed by atoms with Gasteiger partial charge in [-0.05, 0) is 18.8 Å². The van der Waals surface area contributed by atoms with E-state index < -0.39 is 17.5 Å². The summed E-state index contributed by atoms with van der Waals surface area (Å²) in [5.41, 5.74) is -1.15. The Kier molecular flexibility index (Phi) is 7.39. The first-order valence-corrected chi connectivity index (χ1v) is 6.75. The van der Waals surface area contributed by atoms with E-state index in [1.54, 1.807) is 13.8 Å². The number of amides is 2. The van der Waals surface area contributed by atoms with Gasteiger partial charge in [-0.15, -0.1) is 0 Å². The minimum absolute atomic E-state index is 0.372. The molecule has 0 aliphatic heterocycles. The van der Waals surface area contributed by atoms with E-state index in [9.17, 15) is 14.7 Å². The maximum atomic E-state index is 11.7. The molecule has 0 unspecified atom stereocenters. The van der Waals surface area contributed by atoms with Crippen molar-refractivity contribution < 1.29 is 14.7 Å². The smallest absolute Gasteiger partial charge is 0.329 e. The second-order valence-corrected chi connectivity index (χ2v) is 4.61. The summed E-state index contributed by atoms with van der Waals surface area (Å²) in [6.45, 7) is 8.26. The number of carboxylic acids is 1. The van der Waals surface area contributed by atoms with Crippen LogP contribution in [0, 0.1) is 5.92 Å². The summed E-state index contributed by atoms with van der Waals surface area (Å²) in [5.74, 6) is -0.539. The predicted molar refractivity (Wildman–Crippen MR) is 71.6 cm³/mol. The number of urea groups is 1. The quantitative estimate of drug-likeness (QED) is 0.625. The Morgan fingerprint density at radius 2 is 1.61 bits per heavy atom. The summed E-state index contributed by atoms with van der Waals surface area (Å²) in [4.78, 5) is 23.0. The molecule has 0 bridgehead atoms. The molecule has 0 saturated heterocycles. The number of carboxylic acid groups (broad SMARTS) is 1. The zero-order valence-electron chi connectivity index (χ0n) is 11.9. The van der Waals surface area contributed by atoms with Gasteiger partial charge in [0, 0.05) is 6.54 Å². The summed E-state index contributed by atoms with van der Waals surface area (Å²) in [6, 6.07) is -0.395. The van der Waals surface area contributed by atoms with Gasteiger partial charge < -0.3 is 15.7 Å². The monoisotopic (exact) mass is 258 g/mol. The fourth-order valence-corrected chi connectivity index (χ4v) is 1.86. The average molecular weight is 258 g/mol. The third-order valence-electron chi connectivity index (χ3n) is 3.68. The Hall–Kier alpha value is -1.26. The maximum absolute atomic E-state index is 11.7. The molecule has 0 saturated carbocycles. The lowest BCUT2D eigenvalue weighted by molar-refractivity contribution is -0.144. The molecule has 0 aliphatic carbocycles. The fraction of sp³-hybridized carbons (Fsp3) is 0.846. The van der Waals surface area contributed by atoms with Crippen LogP contribution in [0.2, 0.25) is 0 Å². The molecule has 0 atom stereocenters. The Morgan fingerprint density at radius 1 is 1.11 bits per heavy atom. The molecule has 2 amide bonds. The number of rotatable bonds is 8. The summed E-state index contributed by atoms with van der Waals surface area (Å²) in [5, 5.41) is 14.5. The summed E-state index contributed by atoms with van der Waals surface area (Å²) < 4.78 is 0. The second kappa shape index (κ2) is 7.95. The lowest BCUT2D eigenvalue weighted by Crippen LogP contribution is -2.56. The molecule has 0 spiro atoms. The van der Waals surface area contributed by atoms with Crippen LogP contribution in [0.3, 0.4) is 0 Å². The SMILES string of the molecule is CCC(CC)CNC(=O)NC(CC)(CC)C(=O)O. The van der Waals surface area contributed by atoms with Crippen molar-refractivity contribution in [3.8, 4) is 0 Å². The van der Waals surface area contributed by atoms with Gasteiger partial charge in [0.1, 0.15) is 5.54 Å². The molecule has 0 aromatic heterocycles. The van der Waals surface area contributed by atoms with E-state index in [4.69, 9.17) is 0 Å². The van der Waals surface area contributed by atoms with Gasteiger partial charge in [0.15, 0.2) is 0 Å². The first-order chi connectivity index (χ1) is 8.45. The van der Waals surface area contributed by atoms with Gasteiger partial charge in [0.25, 0.3) is 0 Å². The number of hydrogen-bond acceptors (Lipinski definition) is 2. The number of aliphatic carboxylic acids is 1. The molecular formula is C13H26N2O3. The molecule has 0 fully saturated rings. The van der Waals surface area contributed by atoms with Crippen LogP contribution >= 0.6 is 0 Å². The highest BCUT2D eigenvalue weighted by molar-refractivity contribution is 5.86. The largest absolute Gasteiger partial charge is 0.480 e. The molecule has 18 heavy (non-hydrogen) atoms. The molecule has 0 rings (SSSR count). The zero-order valence-corrected chi connectivity index (χ0v) is 11.9. The molecule has 0 radical (unpaired) electrons. The van der Waals surface area contributed by atoms with Gasteiger partial charge in [0.2, 0.25) is 0 Å². The van der Waals surface area contributed by atoms with E-state index in [0.29, 0.717) is 25.3 Å². The van der Waals surface area contributed by atoms with Crippen molar-refractivity contribution in [3.05, 3.63) is 0 Å². The number of carbonyl (C=O) groups is 2. The fourth-order valence-electron chi connectivity index (χ4n) is 1.86. The first-order valence-electron chi connectivity index (χ1n) is 6.75. The van der Waals surface area contributed by atoms with Crippen LogP contribution in [0.15, 0.2) is 0 Å². The number of hydrogen-bond donors (Lipinski definition) is 3. The van der Waals surface area contributed by atoms with E-state index in [1.807, 2.05) is 0 Å². The molecule has 106 valence electrons. The average Bonchev–Trinajstić information content (AvgIpc) is 2.36. The molecule has 0 aromatic rings. The second-order valence-electron chi connectivity index (χ2n) is 4.61. The van der Waals surface area contributed by atoms with Crippen LogP contribution < -0.4 is 10.6 Å². The molecular weight excluding hydrogens is 232 g/mol. The zero-order chi connectivity index (χ0) is 14.2. The Bertz CT molecular complexity index is 271. The van der Waals surface area contributed by atoms with Crippen molar-refractivity contribution in [1.82, 2.24) is 10.6 Å². The number of nitrogens with one attached hydrogen (secondary N) is 2. The highest BCUT2D eigenvalue weighted by Gasteiger charge is 2.36. The van der Waals surface area contributed by atoms with Gasteiger partial charge in [0.05, 0.1) is 0 Å². The van der Waals surface area contributed by atoms with E-state index in [-0.39, 0.29) is 0 Å². The minimum Gasteiger partial charge on any atom is -0.480 e. The van der Waals surface area contributed by atoms with E-state index >= 15 is 0 Å². The van der Waals surface area contributed by atoms with E-state index in [2.05, 4.69) is 24.5 Å². The van der Waals surface area contributed by atoms with E-state index in [0.717, 1.165) is 12.8 Å². The van der Waals surface area contributed by atoms with Crippen LogP contribution in [0.1, 0.15) is 53.4 Å². The van der Waals surface area contributed by atoms with E-state index in [1.165, 1.54) is 0 Å². The lowest BCUT2D eigenvalue weighted by atomic mass is 9.93. The molecule has 3 N–H and O–H groups in total. The van der Waals surface area contributed by atoms with Gasteiger partial charge in [-0.3, -0.25) is 0 Å². The Balaban J connectivity index is 4.40. The minimum atomic E-state index is -1.15. The molecule has 0 aromatic carbocycles. The van der Waals surface area contributed by atoms with Gasteiger partial charge in [-0.2, -0.15) is 0 Å². The van der Waals surface area contributed by atoms with Crippen molar-refractivity contribution in [2.45, 2.75) is 58.9 Å². The van der Waals surface area contributed by atoms with Crippen LogP contribution in [0.5, 0.6) is 0 Å². The van der Waals surface area contributed by atoms with Crippen LogP contribution in [0.4, 0.5) is 4.79 Å². The summed E-state index contributed by atoms with van der Waals surface area (Å²) >= 11 is 0. The van der Waals surface area contributed by atoms with Crippen LogP contribution in [0.25, 0.3) is 0 Å². The van der Waals surface area contributed by atoms with Gasteiger partial charge >= 0.3 is 12.0 Å².